The van der Waals surface area contributed by atoms with Crippen molar-refractivity contribution in [1.29, 1.82) is 0 Å². The summed E-state index contributed by atoms with van der Waals surface area (Å²) in [5.74, 6) is 1.75. The van der Waals surface area contributed by atoms with Crippen LogP contribution in [0.1, 0.15) is 51.9 Å². The zero-order valence-electron chi connectivity index (χ0n) is 13.0. The van der Waals surface area contributed by atoms with Crippen molar-refractivity contribution in [3.8, 4) is 11.5 Å². The fourth-order valence-corrected chi connectivity index (χ4v) is 3.88. The number of nitrogens with two attached hydrogens (primary N) is 1. The third kappa shape index (κ3) is 2.76. The summed E-state index contributed by atoms with van der Waals surface area (Å²) in [5, 5.41) is 0. The largest absolute Gasteiger partial charge is 0.490 e. The van der Waals surface area contributed by atoms with Gasteiger partial charge in [0.25, 0.3) is 0 Å². The van der Waals surface area contributed by atoms with E-state index < -0.39 is 0 Å². The number of ether oxygens (including phenoxy) is 2. The van der Waals surface area contributed by atoms with E-state index in [1.807, 2.05) is 24.3 Å². The predicted molar refractivity (Wildman–Crippen MR) is 84.8 cm³/mol. The molecule has 0 bridgehead atoms. The van der Waals surface area contributed by atoms with Crippen LogP contribution in [0.4, 0.5) is 0 Å². The van der Waals surface area contributed by atoms with Gasteiger partial charge in [0.15, 0.2) is 11.5 Å². The van der Waals surface area contributed by atoms with Crippen molar-refractivity contribution >= 4 is 0 Å². The zero-order chi connectivity index (χ0) is 14.7. The van der Waals surface area contributed by atoms with Crippen molar-refractivity contribution in [2.24, 2.45) is 11.1 Å². The molecular formula is C18H27NO2. The van der Waals surface area contributed by atoms with Gasteiger partial charge in [0.1, 0.15) is 6.10 Å². The van der Waals surface area contributed by atoms with Crippen molar-refractivity contribution in [3.05, 3.63) is 24.3 Å². The molecule has 3 nitrogen and oxygen atoms in total. The van der Waals surface area contributed by atoms with Crippen LogP contribution >= 0.6 is 0 Å². The summed E-state index contributed by atoms with van der Waals surface area (Å²) in [6.45, 7) is 2.85. The highest BCUT2D eigenvalue weighted by Gasteiger charge is 2.55. The van der Waals surface area contributed by atoms with E-state index in [0.717, 1.165) is 30.9 Å². The Bertz CT molecular complexity index is 468. The molecule has 0 saturated heterocycles. The Morgan fingerprint density at radius 3 is 2.52 bits per heavy atom. The number of hydrogen-bond donors (Lipinski definition) is 1. The van der Waals surface area contributed by atoms with Crippen LogP contribution in [0.3, 0.4) is 0 Å². The second-order valence-corrected chi connectivity index (χ2v) is 6.54. The minimum atomic E-state index is 0.218. The maximum absolute atomic E-state index is 6.34. The monoisotopic (exact) mass is 289 g/mol. The summed E-state index contributed by atoms with van der Waals surface area (Å²) in [4.78, 5) is 0. The Hall–Kier alpha value is -1.22. The molecule has 3 rings (SSSR count). The van der Waals surface area contributed by atoms with E-state index in [1.54, 1.807) is 0 Å². The van der Waals surface area contributed by atoms with E-state index in [1.165, 1.54) is 32.1 Å². The lowest BCUT2D eigenvalue weighted by Crippen LogP contribution is -2.64. The van der Waals surface area contributed by atoms with Gasteiger partial charge in [-0.05, 0) is 31.4 Å². The van der Waals surface area contributed by atoms with Crippen molar-refractivity contribution in [1.82, 2.24) is 0 Å². The van der Waals surface area contributed by atoms with Gasteiger partial charge in [0, 0.05) is 17.9 Å². The van der Waals surface area contributed by atoms with Crippen LogP contribution in [-0.2, 0) is 0 Å². The van der Waals surface area contributed by atoms with Crippen LogP contribution in [0, 0.1) is 5.41 Å². The van der Waals surface area contributed by atoms with Crippen LogP contribution < -0.4 is 15.2 Å². The van der Waals surface area contributed by atoms with Crippen LogP contribution in [0.5, 0.6) is 11.5 Å². The van der Waals surface area contributed by atoms with E-state index in [4.69, 9.17) is 15.2 Å². The van der Waals surface area contributed by atoms with Crippen molar-refractivity contribution in [3.63, 3.8) is 0 Å². The van der Waals surface area contributed by atoms with E-state index in [-0.39, 0.29) is 11.5 Å². The van der Waals surface area contributed by atoms with Gasteiger partial charge in [-0.2, -0.15) is 0 Å². The molecule has 2 saturated carbocycles. The number of para-hydroxylation sites is 2. The average Bonchev–Trinajstić information content (AvgIpc) is 2.54. The fourth-order valence-electron chi connectivity index (χ4n) is 3.88. The van der Waals surface area contributed by atoms with Gasteiger partial charge in [0.05, 0.1) is 6.61 Å². The molecule has 1 aromatic rings. The van der Waals surface area contributed by atoms with Crippen LogP contribution in [0.25, 0.3) is 0 Å². The maximum Gasteiger partial charge on any atom is 0.161 e. The van der Waals surface area contributed by atoms with E-state index in [2.05, 4.69) is 6.92 Å². The van der Waals surface area contributed by atoms with Gasteiger partial charge < -0.3 is 15.2 Å². The molecule has 0 aromatic heterocycles. The molecule has 1 spiro atoms. The molecule has 116 valence electrons. The summed E-state index contributed by atoms with van der Waals surface area (Å²) in [6.07, 6.45) is 8.61. The fraction of sp³-hybridized carbons (Fsp3) is 0.667. The van der Waals surface area contributed by atoms with Crippen LogP contribution in [-0.4, -0.2) is 18.8 Å². The average molecular weight is 289 g/mol. The molecule has 2 aliphatic carbocycles. The normalized spacial score (nSPS) is 27.1. The number of rotatable bonds is 5. The third-order valence-corrected chi connectivity index (χ3v) is 5.21. The van der Waals surface area contributed by atoms with E-state index in [0.29, 0.717) is 6.04 Å². The highest BCUT2D eigenvalue weighted by Crippen LogP contribution is 2.52. The molecule has 2 aliphatic rings. The first-order valence-corrected chi connectivity index (χ1v) is 8.40. The molecule has 0 radical (unpaired) electrons. The molecule has 2 fully saturated rings. The maximum atomic E-state index is 6.34. The Labute approximate surface area is 127 Å². The first-order chi connectivity index (χ1) is 10.3. The molecule has 2 atom stereocenters. The lowest BCUT2D eigenvalue weighted by Gasteiger charge is -2.56. The molecule has 1 aromatic carbocycles. The third-order valence-electron chi connectivity index (χ3n) is 5.21. The van der Waals surface area contributed by atoms with Gasteiger partial charge in [-0.15, -0.1) is 0 Å². The second-order valence-electron chi connectivity index (χ2n) is 6.54. The Balaban J connectivity index is 1.72. The first-order valence-electron chi connectivity index (χ1n) is 8.40. The second kappa shape index (κ2) is 6.27. The zero-order valence-corrected chi connectivity index (χ0v) is 13.0. The molecule has 0 amide bonds. The summed E-state index contributed by atoms with van der Waals surface area (Å²) in [6, 6.07) is 8.34. The SMILES string of the molecule is CCCOc1ccccc1OC1CC(N)C12CCCCC2. The summed E-state index contributed by atoms with van der Waals surface area (Å²) in [7, 11) is 0. The highest BCUT2D eigenvalue weighted by molar-refractivity contribution is 5.40. The highest BCUT2D eigenvalue weighted by atomic mass is 16.5. The number of hydrogen-bond acceptors (Lipinski definition) is 3. The van der Waals surface area contributed by atoms with E-state index >= 15 is 0 Å². The Morgan fingerprint density at radius 1 is 1.14 bits per heavy atom. The molecule has 0 heterocycles. The van der Waals surface area contributed by atoms with Gasteiger partial charge >= 0.3 is 0 Å². The van der Waals surface area contributed by atoms with E-state index in [9.17, 15) is 0 Å². The van der Waals surface area contributed by atoms with Gasteiger partial charge in [0.2, 0.25) is 0 Å². The smallest absolute Gasteiger partial charge is 0.161 e. The Kier molecular flexibility index (Phi) is 4.39. The first kappa shape index (κ1) is 14.7. The predicted octanol–water partition coefficient (Wildman–Crippen LogP) is 3.90. The lowest BCUT2D eigenvalue weighted by molar-refractivity contribution is -0.0906. The molecular weight excluding hydrogens is 262 g/mol. The van der Waals surface area contributed by atoms with Crippen LogP contribution in [0.2, 0.25) is 0 Å². The standard InChI is InChI=1S/C18H27NO2/c1-2-12-20-14-8-4-5-9-15(14)21-17-13-16(19)18(17)10-6-3-7-11-18/h4-5,8-9,16-17H,2-3,6-7,10-13,19H2,1H3. The minimum Gasteiger partial charge on any atom is -0.490 e. The number of benzene rings is 1. The van der Waals surface area contributed by atoms with Crippen molar-refractivity contribution < 1.29 is 9.47 Å². The summed E-state index contributed by atoms with van der Waals surface area (Å²) < 4.78 is 12.1. The quantitative estimate of drug-likeness (QED) is 0.894. The minimum absolute atomic E-state index is 0.218. The topological polar surface area (TPSA) is 44.5 Å². The van der Waals surface area contributed by atoms with Crippen molar-refractivity contribution in [2.45, 2.75) is 64.0 Å². The molecule has 2 unspecified atom stereocenters. The molecule has 0 aliphatic heterocycles. The molecule has 3 heteroatoms. The van der Waals surface area contributed by atoms with Gasteiger partial charge in [-0.25, -0.2) is 0 Å². The van der Waals surface area contributed by atoms with Crippen LogP contribution in [0.15, 0.2) is 24.3 Å². The van der Waals surface area contributed by atoms with Gasteiger partial charge in [-0.1, -0.05) is 38.3 Å². The van der Waals surface area contributed by atoms with Crippen molar-refractivity contribution in [2.75, 3.05) is 6.61 Å². The Morgan fingerprint density at radius 2 is 1.86 bits per heavy atom. The summed E-state index contributed by atoms with van der Waals surface area (Å²) >= 11 is 0. The molecule has 2 N–H and O–H groups in total. The summed E-state index contributed by atoms with van der Waals surface area (Å²) in [5.41, 5.74) is 6.56. The van der Waals surface area contributed by atoms with Gasteiger partial charge in [-0.3, -0.25) is 0 Å². The molecule has 21 heavy (non-hydrogen) atoms. The lowest BCUT2D eigenvalue weighted by atomic mass is 9.55.